The monoisotopic (exact) mass is 384 g/mol. The SMILES string of the molecule is Cc1nn(CC(=O)OC(C)C)c(C)c1CN1C[C@@H](CN)[C@H](c2ccccc2)C1. The third-order valence-electron chi connectivity index (χ3n) is 5.61. The molecular weight excluding hydrogens is 352 g/mol. The first-order valence-corrected chi connectivity index (χ1v) is 10.1. The summed E-state index contributed by atoms with van der Waals surface area (Å²) in [5, 5.41) is 4.58. The first kappa shape index (κ1) is 20.6. The standard InChI is InChI=1S/C22H32N4O2/c1-15(2)28-22(27)14-26-17(4)20(16(3)24-26)12-25-11-19(10-23)21(13-25)18-8-6-5-7-9-18/h5-9,15,19,21H,10-14,23H2,1-4H3/t19-,21+/m1/s1. The molecule has 0 unspecified atom stereocenters. The number of hydrogen-bond acceptors (Lipinski definition) is 5. The van der Waals surface area contributed by atoms with E-state index in [-0.39, 0.29) is 18.6 Å². The summed E-state index contributed by atoms with van der Waals surface area (Å²) in [5.41, 5.74) is 10.6. The fourth-order valence-corrected chi connectivity index (χ4v) is 4.17. The number of hydrogen-bond donors (Lipinski definition) is 1. The van der Waals surface area contributed by atoms with Gasteiger partial charge in [0.2, 0.25) is 0 Å². The highest BCUT2D eigenvalue weighted by Gasteiger charge is 2.33. The number of nitrogens with two attached hydrogens (primary N) is 1. The van der Waals surface area contributed by atoms with E-state index in [9.17, 15) is 4.79 Å². The molecule has 0 spiro atoms. The van der Waals surface area contributed by atoms with Crippen LogP contribution in [0.4, 0.5) is 0 Å². The lowest BCUT2D eigenvalue weighted by molar-refractivity contribution is -0.148. The predicted molar refractivity (Wildman–Crippen MR) is 110 cm³/mol. The van der Waals surface area contributed by atoms with Crippen molar-refractivity contribution in [1.29, 1.82) is 0 Å². The number of nitrogens with zero attached hydrogens (tertiary/aromatic N) is 3. The summed E-state index contributed by atoms with van der Waals surface area (Å²) in [6.07, 6.45) is -0.114. The number of benzene rings is 1. The summed E-state index contributed by atoms with van der Waals surface area (Å²) in [5.74, 6) is 0.669. The van der Waals surface area contributed by atoms with Gasteiger partial charge in [0.1, 0.15) is 6.54 Å². The van der Waals surface area contributed by atoms with E-state index in [1.165, 1.54) is 11.1 Å². The molecule has 1 aromatic heterocycles. The summed E-state index contributed by atoms with van der Waals surface area (Å²) in [7, 11) is 0. The third kappa shape index (κ3) is 4.62. The lowest BCUT2D eigenvalue weighted by Gasteiger charge is -2.17. The van der Waals surface area contributed by atoms with Gasteiger partial charge in [-0.25, -0.2) is 0 Å². The molecule has 2 heterocycles. The molecular formula is C22H32N4O2. The molecule has 2 atom stereocenters. The topological polar surface area (TPSA) is 73.4 Å². The van der Waals surface area contributed by atoms with Gasteiger partial charge in [0.05, 0.1) is 11.8 Å². The van der Waals surface area contributed by atoms with Gasteiger partial charge in [0.15, 0.2) is 0 Å². The van der Waals surface area contributed by atoms with Crippen LogP contribution in [-0.2, 0) is 22.6 Å². The summed E-state index contributed by atoms with van der Waals surface area (Å²) in [4.78, 5) is 14.5. The van der Waals surface area contributed by atoms with Crippen molar-refractivity contribution >= 4 is 5.97 Å². The van der Waals surface area contributed by atoms with Crippen molar-refractivity contribution in [2.45, 2.75) is 52.8 Å². The number of aromatic nitrogens is 2. The minimum atomic E-state index is -0.249. The van der Waals surface area contributed by atoms with Crippen LogP contribution in [0.1, 0.15) is 42.3 Å². The van der Waals surface area contributed by atoms with E-state index < -0.39 is 0 Å². The van der Waals surface area contributed by atoms with Crippen molar-refractivity contribution in [3.8, 4) is 0 Å². The molecule has 1 fully saturated rings. The van der Waals surface area contributed by atoms with Crippen molar-refractivity contribution in [1.82, 2.24) is 14.7 Å². The van der Waals surface area contributed by atoms with Gasteiger partial charge in [-0.1, -0.05) is 30.3 Å². The Hall–Kier alpha value is -2.18. The minimum absolute atomic E-state index is 0.114. The molecule has 1 aromatic carbocycles. The van der Waals surface area contributed by atoms with Crippen LogP contribution in [-0.4, -0.2) is 46.4 Å². The number of esters is 1. The first-order valence-electron chi connectivity index (χ1n) is 10.1. The van der Waals surface area contributed by atoms with Crippen LogP contribution < -0.4 is 5.73 Å². The molecule has 2 aromatic rings. The second kappa shape index (κ2) is 8.88. The zero-order valence-electron chi connectivity index (χ0n) is 17.4. The summed E-state index contributed by atoms with van der Waals surface area (Å²) in [6.45, 7) is 11.4. The van der Waals surface area contributed by atoms with Crippen LogP contribution in [0.25, 0.3) is 0 Å². The van der Waals surface area contributed by atoms with Gasteiger partial charge in [0, 0.05) is 36.8 Å². The molecule has 152 valence electrons. The molecule has 6 heteroatoms. The highest BCUT2D eigenvalue weighted by Crippen LogP contribution is 2.33. The number of ether oxygens (including phenoxy) is 1. The molecule has 6 nitrogen and oxygen atoms in total. The van der Waals surface area contributed by atoms with Crippen LogP contribution in [0, 0.1) is 19.8 Å². The minimum Gasteiger partial charge on any atom is -0.462 e. The maximum atomic E-state index is 12.0. The van der Waals surface area contributed by atoms with Gasteiger partial charge in [0.25, 0.3) is 0 Å². The lowest BCUT2D eigenvalue weighted by atomic mass is 9.89. The number of aryl methyl sites for hydroxylation is 1. The van der Waals surface area contributed by atoms with Crippen LogP contribution in [0.15, 0.2) is 30.3 Å². The van der Waals surface area contributed by atoms with Gasteiger partial charge >= 0.3 is 5.97 Å². The zero-order chi connectivity index (χ0) is 20.3. The van der Waals surface area contributed by atoms with Crippen molar-refractivity contribution in [2.24, 2.45) is 11.7 Å². The Morgan fingerprint density at radius 3 is 2.61 bits per heavy atom. The summed E-state index contributed by atoms with van der Waals surface area (Å²) < 4.78 is 7.02. The van der Waals surface area contributed by atoms with Gasteiger partial charge in [-0.15, -0.1) is 0 Å². The van der Waals surface area contributed by atoms with Gasteiger partial charge in [-0.2, -0.15) is 5.10 Å². The maximum absolute atomic E-state index is 12.0. The van der Waals surface area contributed by atoms with Crippen LogP contribution in [0.2, 0.25) is 0 Å². The highest BCUT2D eigenvalue weighted by atomic mass is 16.5. The van der Waals surface area contributed by atoms with E-state index in [1.807, 2.05) is 27.7 Å². The average molecular weight is 385 g/mol. The quantitative estimate of drug-likeness (QED) is 0.743. The Balaban J connectivity index is 1.71. The van der Waals surface area contributed by atoms with E-state index in [1.54, 1.807) is 4.68 Å². The lowest BCUT2D eigenvalue weighted by Crippen LogP contribution is -2.23. The summed E-state index contributed by atoms with van der Waals surface area (Å²) in [6, 6.07) is 10.6. The van der Waals surface area contributed by atoms with Gasteiger partial charge < -0.3 is 10.5 Å². The van der Waals surface area contributed by atoms with E-state index in [0.717, 1.165) is 31.0 Å². The molecule has 0 bridgehead atoms. The Labute approximate surface area is 167 Å². The smallest absolute Gasteiger partial charge is 0.328 e. The van der Waals surface area contributed by atoms with Crippen molar-refractivity contribution in [2.75, 3.05) is 19.6 Å². The molecule has 3 rings (SSSR count). The van der Waals surface area contributed by atoms with Crippen molar-refractivity contribution in [3.05, 3.63) is 52.8 Å². The van der Waals surface area contributed by atoms with Gasteiger partial charge in [-0.3, -0.25) is 14.4 Å². The largest absolute Gasteiger partial charge is 0.462 e. The van der Waals surface area contributed by atoms with Crippen molar-refractivity contribution in [3.63, 3.8) is 0 Å². The van der Waals surface area contributed by atoms with Crippen LogP contribution in [0.5, 0.6) is 0 Å². The molecule has 0 saturated carbocycles. The van der Waals surface area contributed by atoms with Crippen molar-refractivity contribution < 1.29 is 9.53 Å². The fraction of sp³-hybridized carbons (Fsp3) is 0.545. The molecule has 2 N–H and O–H groups in total. The normalized spacial score (nSPS) is 20.1. The third-order valence-corrected chi connectivity index (χ3v) is 5.61. The molecule has 1 aliphatic rings. The first-order chi connectivity index (χ1) is 13.4. The highest BCUT2D eigenvalue weighted by molar-refractivity contribution is 5.69. The van der Waals surface area contributed by atoms with E-state index in [2.05, 4.69) is 40.3 Å². The average Bonchev–Trinajstić information content (AvgIpc) is 3.18. The molecule has 0 radical (unpaired) electrons. The molecule has 28 heavy (non-hydrogen) atoms. The van der Waals surface area contributed by atoms with Crippen LogP contribution in [0.3, 0.4) is 0 Å². The predicted octanol–water partition coefficient (Wildman–Crippen LogP) is 2.63. The molecule has 1 aliphatic heterocycles. The Morgan fingerprint density at radius 1 is 1.25 bits per heavy atom. The summed E-state index contributed by atoms with van der Waals surface area (Å²) >= 11 is 0. The van der Waals surface area contributed by atoms with E-state index in [4.69, 9.17) is 10.5 Å². The van der Waals surface area contributed by atoms with E-state index in [0.29, 0.717) is 18.4 Å². The van der Waals surface area contributed by atoms with Gasteiger partial charge in [-0.05, 0) is 45.7 Å². The van der Waals surface area contributed by atoms with E-state index >= 15 is 0 Å². The Morgan fingerprint density at radius 2 is 1.96 bits per heavy atom. The van der Waals surface area contributed by atoms with Crippen LogP contribution >= 0.6 is 0 Å². The zero-order valence-corrected chi connectivity index (χ0v) is 17.4. The molecule has 0 aliphatic carbocycles. The fourth-order valence-electron chi connectivity index (χ4n) is 4.17. The molecule has 0 amide bonds. The Kier molecular flexibility index (Phi) is 6.52. The maximum Gasteiger partial charge on any atom is 0.328 e. The second-order valence-electron chi connectivity index (χ2n) is 8.05. The number of carbonyl (C=O) groups excluding carboxylic acids is 1. The number of likely N-dealkylation sites (tertiary alicyclic amines) is 1. The Bertz CT molecular complexity index is 800. The number of rotatable bonds is 7. The number of carbonyl (C=O) groups is 1. The molecule has 1 saturated heterocycles. The second-order valence-corrected chi connectivity index (χ2v) is 8.05.